The average Bonchev–Trinajstić information content (AvgIpc) is 2.10. The number of thiol groups is 1. The first-order valence-corrected chi connectivity index (χ1v) is 4.27. The summed E-state index contributed by atoms with van der Waals surface area (Å²) in [6.45, 7) is 3.88. The van der Waals surface area contributed by atoms with Crippen molar-refractivity contribution in [1.29, 1.82) is 0 Å². The zero-order chi connectivity index (χ0) is 9.84. The van der Waals surface area contributed by atoms with Gasteiger partial charge in [-0.05, 0) is 31.0 Å². The molecule has 3 nitrogen and oxygen atoms in total. The van der Waals surface area contributed by atoms with Crippen LogP contribution in [0.3, 0.4) is 0 Å². The van der Waals surface area contributed by atoms with Crippen LogP contribution in [0.2, 0.25) is 0 Å². The molecule has 0 saturated heterocycles. The molecule has 13 heavy (non-hydrogen) atoms. The van der Waals surface area contributed by atoms with Crippen molar-refractivity contribution in [3.8, 4) is 0 Å². The Morgan fingerprint density at radius 1 is 1.46 bits per heavy atom. The summed E-state index contributed by atoms with van der Waals surface area (Å²) in [6.07, 6.45) is 0. The van der Waals surface area contributed by atoms with Gasteiger partial charge in [0.25, 0.3) is 0 Å². The molecule has 0 bridgehead atoms. The minimum Gasteiger partial charge on any atom is -0.222 e. The molecule has 0 radical (unpaired) electrons. The highest BCUT2D eigenvalue weighted by Crippen LogP contribution is 2.11. The molecule has 4 heteroatoms. The number of hydrogen-bond donors (Lipinski definition) is 2. The van der Waals surface area contributed by atoms with Crippen molar-refractivity contribution in [2.75, 3.05) is 0 Å². The molecule has 0 unspecified atom stereocenters. The third-order valence-electron chi connectivity index (χ3n) is 2.03. The Morgan fingerprint density at radius 2 is 2.15 bits per heavy atom. The van der Waals surface area contributed by atoms with Crippen molar-refractivity contribution in [2.45, 2.75) is 13.8 Å². The molecule has 0 spiro atoms. The Balaban J connectivity index is 3.01. The molecular formula is C9H12NO2S+. The van der Waals surface area contributed by atoms with Crippen molar-refractivity contribution in [3.63, 3.8) is 0 Å². The van der Waals surface area contributed by atoms with Crippen molar-refractivity contribution < 1.29 is 14.6 Å². The van der Waals surface area contributed by atoms with Crippen LogP contribution in [0.5, 0.6) is 0 Å². The Hall–Kier alpha value is -0.840. The lowest BCUT2D eigenvalue weighted by Crippen LogP contribution is -2.85. The molecule has 0 aromatic heterocycles. The number of nitrogens with two attached hydrogens (primary N) is 1. The fourth-order valence-electron chi connectivity index (χ4n) is 1.13. The van der Waals surface area contributed by atoms with Crippen LogP contribution in [0.25, 0.3) is 0 Å². The number of quaternary nitrogens is 1. The van der Waals surface area contributed by atoms with Gasteiger partial charge in [0.2, 0.25) is 0 Å². The lowest BCUT2D eigenvalue weighted by atomic mass is 10.0. The summed E-state index contributed by atoms with van der Waals surface area (Å²) in [5, 5.41) is 0. The number of aryl methyl sites for hydroxylation is 1. The van der Waals surface area contributed by atoms with Gasteiger partial charge in [0.15, 0.2) is 0 Å². The zero-order valence-corrected chi connectivity index (χ0v) is 8.47. The minimum absolute atomic E-state index is 0.156. The highest BCUT2D eigenvalue weighted by atomic mass is 32.1. The van der Waals surface area contributed by atoms with E-state index in [-0.39, 0.29) is 5.91 Å². The average molecular weight is 198 g/mol. The molecule has 70 valence electrons. The van der Waals surface area contributed by atoms with E-state index in [0.717, 1.165) is 16.6 Å². The molecule has 0 fully saturated rings. The van der Waals surface area contributed by atoms with E-state index in [1.54, 1.807) is 6.07 Å². The maximum absolute atomic E-state index is 11.4. The zero-order valence-electron chi connectivity index (χ0n) is 7.57. The van der Waals surface area contributed by atoms with Crippen LogP contribution in [-0.2, 0) is 4.28 Å². The molecule has 2 N–H and O–H groups in total. The summed E-state index contributed by atoms with van der Waals surface area (Å²) in [5.41, 5.74) is 3.83. The summed E-state index contributed by atoms with van der Waals surface area (Å²) in [7, 11) is 0. The normalized spacial score (nSPS) is 10.1. The van der Waals surface area contributed by atoms with Crippen LogP contribution in [0.1, 0.15) is 21.5 Å². The van der Waals surface area contributed by atoms with Crippen LogP contribution in [0, 0.1) is 13.8 Å². The third-order valence-corrected chi connectivity index (χ3v) is 2.14. The Kier molecular flexibility index (Phi) is 3.48. The van der Waals surface area contributed by atoms with Crippen LogP contribution >= 0.6 is 12.9 Å². The first-order valence-electron chi connectivity index (χ1n) is 3.91. The van der Waals surface area contributed by atoms with E-state index in [0.29, 0.717) is 5.56 Å². The number of benzene rings is 1. The minimum atomic E-state index is -0.156. The number of rotatable bonds is 2. The largest absolute Gasteiger partial charge is 0.375 e. The van der Waals surface area contributed by atoms with Crippen LogP contribution < -0.4 is 5.48 Å². The maximum Gasteiger partial charge on any atom is 0.375 e. The quantitative estimate of drug-likeness (QED) is 0.419. The van der Waals surface area contributed by atoms with Crippen molar-refractivity contribution in [1.82, 2.24) is 0 Å². The number of primary amides is 1. The molecular weight excluding hydrogens is 186 g/mol. The summed E-state index contributed by atoms with van der Waals surface area (Å²) in [4.78, 5) is 11.4. The monoisotopic (exact) mass is 198 g/mol. The van der Waals surface area contributed by atoms with Crippen LogP contribution in [0.4, 0.5) is 0 Å². The summed E-state index contributed by atoms with van der Waals surface area (Å²) >= 11 is 3.49. The highest BCUT2D eigenvalue weighted by molar-refractivity contribution is 7.74. The number of amides is 1. The van der Waals surface area contributed by atoms with Crippen molar-refractivity contribution in [3.05, 3.63) is 34.9 Å². The molecule has 0 atom stereocenters. The fourth-order valence-corrected chi connectivity index (χ4v) is 1.23. The predicted octanol–water partition coefficient (Wildman–Crippen LogP) is 0.783. The number of hydroxylamine groups is 1. The highest BCUT2D eigenvalue weighted by Gasteiger charge is 2.13. The number of hydrogen-bond acceptors (Lipinski definition) is 3. The second-order valence-corrected chi connectivity index (χ2v) is 3.05. The second kappa shape index (κ2) is 4.41. The van der Waals surface area contributed by atoms with Crippen LogP contribution in [-0.4, -0.2) is 5.91 Å². The molecule has 1 rings (SSSR count). The standard InChI is InChI=1S/C9H11NO2S/c1-6-4-3-5-8(7(6)2)9(11)10-12-13/h3-5,13H,1-2H3,(H,10,11)/p+1. The van der Waals surface area contributed by atoms with Gasteiger partial charge >= 0.3 is 5.91 Å². The predicted molar refractivity (Wildman–Crippen MR) is 52.2 cm³/mol. The number of carbonyl (C=O) groups excluding carboxylic acids is 1. The van der Waals surface area contributed by atoms with Gasteiger partial charge in [-0.1, -0.05) is 12.1 Å². The number of carbonyl (C=O) groups is 1. The molecule has 0 aliphatic rings. The van der Waals surface area contributed by atoms with Gasteiger partial charge in [0, 0.05) is 12.9 Å². The molecule has 0 heterocycles. The Bertz CT molecular complexity index is 325. The first kappa shape index (κ1) is 10.2. The summed E-state index contributed by atoms with van der Waals surface area (Å²) in [5.74, 6) is -0.156. The SMILES string of the molecule is Cc1cccc(C(=O)[NH2+]OS)c1C. The molecule has 0 saturated carbocycles. The molecule has 1 amide bonds. The van der Waals surface area contributed by atoms with Gasteiger partial charge in [-0.15, -0.1) is 9.76 Å². The Morgan fingerprint density at radius 3 is 2.77 bits per heavy atom. The van der Waals surface area contributed by atoms with Gasteiger partial charge in [0.05, 0.1) is 5.56 Å². The van der Waals surface area contributed by atoms with Crippen LogP contribution in [0.15, 0.2) is 18.2 Å². The van der Waals surface area contributed by atoms with E-state index < -0.39 is 0 Å². The lowest BCUT2D eigenvalue weighted by Gasteiger charge is -2.03. The van der Waals surface area contributed by atoms with E-state index in [9.17, 15) is 4.79 Å². The van der Waals surface area contributed by atoms with Gasteiger partial charge in [-0.3, -0.25) is 0 Å². The fraction of sp³-hybridized carbons (Fsp3) is 0.222. The van der Waals surface area contributed by atoms with Gasteiger partial charge in [-0.25, -0.2) is 4.79 Å². The molecule has 0 aliphatic heterocycles. The lowest BCUT2D eigenvalue weighted by molar-refractivity contribution is -0.774. The Labute approximate surface area is 82.7 Å². The van der Waals surface area contributed by atoms with Gasteiger partial charge in [-0.2, -0.15) is 0 Å². The summed E-state index contributed by atoms with van der Waals surface area (Å²) in [6, 6.07) is 5.59. The molecule has 1 aromatic carbocycles. The van der Waals surface area contributed by atoms with E-state index in [1.807, 2.05) is 26.0 Å². The first-order chi connectivity index (χ1) is 6.16. The maximum atomic E-state index is 11.4. The topological polar surface area (TPSA) is 42.9 Å². The van der Waals surface area contributed by atoms with Crippen molar-refractivity contribution >= 4 is 18.8 Å². The van der Waals surface area contributed by atoms with Gasteiger partial charge < -0.3 is 0 Å². The molecule has 0 aliphatic carbocycles. The third kappa shape index (κ3) is 2.30. The van der Waals surface area contributed by atoms with E-state index in [4.69, 9.17) is 0 Å². The smallest absolute Gasteiger partial charge is 0.222 e. The van der Waals surface area contributed by atoms with E-state index in [2.05, 4.69) is 17.2 Å². The van der Waals surface area contributed by atoms with Gasteiger partial charge in [0.1, 0.15) is 0 Å². The van der Waals surface area contributed by atoms with E-state index in [1.165, 1.54) is 0 Å². The van der Waals surface area contributed by atoms with Crippen molar-refractivity contribution in [2.24, 2.45) is 0 Å². The second-order valence-electron chi connectivity index (χ2n) is 2.83. The molecule has 1 aromatic rings. The summed E-state index contributed by atoms with van der Waals surface area (Å²) < 4.78 is 4.37. The van der Waals surface area contributed by atoms with E-state index >= 15 is 0 Å².